The first-order chi connectivity index (χ1) is 17.5. The minimum absolute atomic E-state index is 0.0111. The Morgan fingerprint density at radius 3 is 1.68 bits per heavy atom. The Hall–Kier alpha value is -1.80. The fourth-order valence-electron chi connectivity index (χ4n) is 2.20. The second-order valence-corrected chi connectivity index (χ2v) is 10.5. The molecule has 0 radical (unpaired) electrons. The molecule has 0 rings (SSSR count). The summed E-state index contributed by atoms with van der Waals surface area (Å²) < 4.78 is 2.96. The van der Waals surface area contributed by atoms with Gasteiger partial charge in [0.2, 0.25) is 11.8 Å². The third-order valence-electron chi connectivity index (χ3n) is 4.24. The van der Waals surface area contributed by atoms with Gasteiger partial charge in [0, 0.05) is 43.4 Å². The number of aliphatic hydroxyl groups is 2. The van der Waals surface area contributed by atoms with Crippen molar-refractivity contribution in [2.45, 2.75) is 30.7 Å². The average Bonchev–Trinajstić information content (AvgIpc) is 2.84. The molecule has 0 aliphatic carbocycles. The molecule has 0 aromatic heterocycles. The molecule has 4 atom stereocenters. The van der Waals surface area contributed by atoms with Crippen molar-refractivity contribution in [3.8, 4) is 0 Å². The highest BCUT2D eigenvalue weighted by Gasteiger charge is 2.23. The number of hydrogen-bond donors (Lipinski definition) is 10. The van der Waals surface area contributed by atoms with Crippen molar-refractivity contribution >= 4 is 65.1 Å². The molecule has 0 aromatic carbocycles. The van der Waals surface area contributed by atoms with Crippen LogP contribution in [0.25, 0.3) is 0 Å². The van der Waals surface area contributed by atoms with E-state index in [0.717, 1.165) is 23.5 Å². The van der Waals surface area contributed by atoms with E-state index in [1.165, 1.54) is 11.9 Å². The number of thioether (sulfide) groups is 2. The number of carboxylic acids is 2. The number of amides is 3. The van der Waals surface area contributed by atoms with Crippen molar-refractivity contribution in [3.63, 3.8) is 0 Å². The van der Waals surface area contributed by atoms with E-state index in [1.54, 1.807) is 0 Å². The molecular formula is C19H36N6O9S3. The van der Waals surface area contributed by atoms with Crippen LogP contribution < -0.4 is 32.1 Å². The van der Waals surface area contributed by atoms with E-state index < -0.39 is 42.1 Å². The van der Waals surface area contributed by atoms with E-state index in [-0.39, 0.29) is 54.3 Å². The van der Waals surface area contributed by atoms with Gasteiger partial charge in [-0.2, -0.15) is 0 Å². The van der Waals surface area contributed by atoms with Crippen molar-refractivity contribution in [3.05, 3.63) is 0 Å². The van der Waals surface area contributed by atoms with Gasteiger partial charge in [-0.05, 0) is 6.42 Å². The maximum atomic E-state index is 11.9. The predicted octanol–water partition coefficient (Wildman–Crippen LogP) is -4.03. The summed E-state index contributed by atoms with van der Waals surface area (Å²) in [6.07, 6.45) is -2.83. The SMILES string of the molecule is NC(CSCC(=O)NCCNSCCC(O)C(O)C(=O)NCCNC(=O)CSCC(N)C(=O)O)C(=O)O. The number of aliphatic carboxylic acids is 2. The van der Waals surface area contributed by atoms with Crippen LogP contribution in [-0.4, -0.2) is 129 Å². The molecule has 0 saturated carbocycles. The normalized spacial score (nSPS) is 14.2. The molecule has 15 nitrogen and oxygen atoms in total. The van der Waals surface area contributed by atoms with Gasteiger partial charge in [0.25, 0.3) is 5.91 Å². The maximum absolute atomic E-state index is 11.9. The van der Waals surface area contributed by atoms with Crippen molar-refractivity contribution in [1.82, 2.24) is 20.7 Å². The van der Waals surface area contributed by atoms with Crippen LogP contribution in [0.15, 0.2) is 0 Å². The van der Waals surface area contributed by atoms with Crippen LogP contribution in [0, 0.1) is 0 Å². The largest absolute Gasteiger partial charge is 0.480 e. The summed E-state index contributed by atoms with van der Waals surface area (Å²) in [5, 5.41) is 44.8. The summed E-state index contributed by atoms with van der Waals surface area (Å²) in [5.74, 6) is -2.98. The van der Waals surface area contributed by atoms with Gasteiger partial charge in [0.1, 0.15) is 12.1 Å². The van der Waals surface area contributed by atoms with E-state index in [4.69, 9.17) is 21.7 Å². The highest BCUT2D eigenvalue weighted by Crippen LogP contribution is 2.05. The highest BCUT2D eigenvalue weighted by atomic mass is 32.2. The summed E-state index contributed by atoms with van der Waals surface area (Å²) in [4.78, 5) is 56.4. The van der Waals surface area contributed by atoms with Crippen LogP contribution in [0.5, 0.6) is 0 Å². The zero-order valence-electron chi connectivity index (χ0n) is 20.1. The molecule has 0 fully saturated rings. The Morgan fingerprint density at radius 2 is 1.19 bits per heavy atom. The smallest absolute Gasteiger partial charge is 0.321 e. The lowest BCUT2D eigenvalue weighted by Crippen LogP contribution is -2.45. The van der Waals surface area contributed by atoms with E-state index in [1.807, 2.05) is 0 Å². The maximum Gasteiger partial charge on any atom is 0.321 e. The number of carbonyl (C=O) groups excluding carboxylic acids is 3. The first-order valence-corrected chi connectivity index (χ1v) is 14.4. The fourth-order valence-corrected chi connectivity index (χ4v) is 4.56. The van der Waals surface area contributed by atoms with Crippen molar-refractivity contribution < 1.29 is 44.4 Å². The van der Waals surface area contributed by atoms with Crippen LogP contribution in [0.4, 0.5) is 0 Å². The van der Waals surface area contributed by atoms with Crippen LogP contribution in [0.2, 0.25) is 0 Å². The molecule has 0 aliphatic heterocycles. The Morgan fingerprint density at radius 1 is 0.730 bits per heavy atom. The fraction of sp³-hybridized carbons (Fsp3) is 0.737. The number of nitrogens with one attached hydrogen (secondary N) is 4. The van der Waals surface area contributed by atoms with E-state index in [0.29, 0.717) is 18.8 Å². The number of nitrogens with two attached hydrogens (primary N) is 2. The van der Waals surface area contributed by atoms with Crippen molar-refractivity contribution in [1.29, 1.82) is 0 Å². The van der Waals surface area contributed by atoms with Gasteiger partial charge in [-0.25, -0.2) is 0 Å². The second-order valence-electron chi connectivity index (χ2n) is 7.45. The Labute approximate surface area is 227 Å². The Bertz CT molecular complexity index is 737. The molecule has 0 spiro atoms. The Balaban J connectivity index is 3.77. The van der Waals surface area contributed by atoms with Crippen LogP contribution >= 0.6 is 35.5 Å². The van der Waals surface area contributed by atoms with E-state index >= 15 is 0 Å². The molecule has 0 bridgehead atoms. The molecule has 18 heteroatoms. The number of rotatable bonds is 22. The van der Waals surface area contributed by atoms with Crippen LogP contribution in [-0.2, 0) is 24.0 Å². The third kappa shape index (κ3) is 19.0. The van der Waals surface area contributed by atoms with Gasteiger partial charge < -0.3 is 47.8 Å². The van der Waals surface area contributed by atoms with E-state index in [2.05, 4.69) is 20.7 Å². The lowest BCUT2D eigenvalue weighted by Gasteiger charge is -2.17. The van der Waals surface area contributed by atoms with Gasteiger partial charge in [0.15, 0.2) is 6.10 Å². The van der Waals surface area contributed by atoms with Crippen LogP contribution in [0.3, 0.4) is 0 Å². The first-order valence-electron chi connectivity index (χ1n) is 11.1. The zero-order chi connectivity index (χ0) is 28.2. The van der Waals surface area contributed by atoms with Gasteiger partial charge in [0.05, 0.1) is 17.6 Å². The molecule has 0 saturated heterocycles. The highest BCUT2D eigenvalue weighted by molar-refractivity contribution is 8.00. The summed E-state index contributed by atoms with van der Waals surface area (Å²) >= 11 is 3.43. The number of carbonyl (C=O) groups is 5. The summed E-state index contributed by atoms with van der Waals surface area (Å²) in [6, 6.07) is -2.07. The van der Waals surface area contributed by atoms with Gasteiger partial charge in [-0.15, -0.1) is 23.5 Å². The molecule has 3 amide bonds. The van der Waals surface area contributed by atoms with Gasteiger partial charge >= 0.3 is 11.9 Å². The second kappa shape index (κ2) is 21.2. The minimum Gasteiger partial charge on any atom is -0.480 e. The molecule has 0 heterocycles. The molecule has 37 heavy (non-hydrogen) atoms. The van der Waals surface area contributed by atoms with Gasteiger partial charge in [-0.1, -0.05) is 11.9 Å². The monoisotopic (exact) mass is 588 g/mol. The topological polar surface area (TPSA) is 266 Å². The van der Waals surface area contributed by atoms with Crippen LogP contribution in [0.1, 0.15) is 6.42 Å². The lowest BCUT2D eigenvalue weighted by atomic mass is 10.1. The standard InChI is InChI=1S/C19H36N6O9S3/c20-11(18(31)32)7-35-9-14(27)22-2-3-24-17(30)16(29)13(26)1-6-37-25-5-4-23-15(28)10-36-8-12(21)19(33)34/h11-13,16,25-26,29H,1-10,20-21H2,(H,22,27)(H,23,28)(H,24,30)(H,31,32)(H,33,34). The molecule has 12 N–H and O–H groups in total. The Kier molecular flexibility index (Phi) is 20.1. The predicted molar refractivity (Wildman–Crippen MR) is 142 cm³/mol. The van der Waals surface area contributed by atoms with Gasteiger partial charge in [-0.3, -0.25) is 28.7 Å². The molecular weight excluding hydrogens is 552 g/mol. The number of aliphatic hydroxyl groups excluding tert-OH is 2. The number of hydrogen-bond acceptors (Lipinski definition) is 13. The third-order valence-corrected chi connectivity index (χ3v) is 7.21. The molecule has 0 aromatic rings. The summed E-state index contributed by atoms with van der Waals surface area (Å²) in [5.41, 5.74) is 10.7. The molecule has 214 valence electrons. The minimum atomic E-state index is -1.64. The quantitative estimate of drug-likeness (QED) is 0.0426. The molecule has 4 unspecified atom stereocenters. The average molecular weight is 589 g/mol. The summed E-state index contributed by atoms with van der Waals surface area (Å²) in [6.45, 7) is 0.867. The van der Waals surface area contributed by atoms with E-state index in [9.17, 15) is 34.2 Å². The zero-order valence-corrected chi connectivity index (χ0v) is 22.5. The first kappa shape index (κ1) is 35.2. The van der Waals surface area contributed by atoms with Crippen molar-refractivity contribution in [2.75, 3.05) is 54.9 Å². The number of carboxylic acid groups (broad SMARTS) is 2. The molecule has 0 aliphatic rings. The summed E-state index contributed by atoms with van der Waals surface area (Å²) in [7, 11) is 0. The van der Waals surface area contributed by atoms with Crippen molar-refractivity contribution in [2.24, 2.45) is 11.5 Å². The lowest BCUT2D eigenvalue weighted by molar-refractivity contribution is -0.138.